The molecule has 1 unspecified atom stereocenters. The topological polar surface area (TPSA) is 21.3 Å². The van der Waals surface area contributed by atoms with Crippen molar-refractivity contribution >= 4 is 11.8 Å². The predicted octanol–water partition coefficient (Wildman–Crippen LogP) is 2.71. The molecule has 88 valence electrons. The Balaban J connectivity index is 2.09. The largest absolute Gasteiger partial charge is 0.496 e. The molecule has 1 aliphatic heterocycles. The van der Waals surface area contributed by atoms with Gasteiger partial charge in [-0.15, -0.1) is 11.8 Å². The molecule has 1 aromatic rings. The minimum atomic E-state index is 0.670. The maximum atomic E-state index is 5.32. The number of rotatable bonds is 4. The lowest BCUT2D eigenvalue weighted by Crippen LogP contribution is -2.23. The standard InChI is InChI=1S/C13H19NOS/c1-15-12-6-5-10(9-13(12)16-2)8-11-4-3-7-14-11/h5-6,9,11,14H,3-4,7-8H2,1-2H3. The van der Waals surface area contributed by atoms with Crippen molar-refractivity contribution in [1.82, 2.24) is 5.32 Å². The summed E-state index contributed by atoms with van der Waals surface area (Å²) in [6, 6.07) is 7.18. The van der Waals surface area contributed by atoms with Crippen LogP contribution in [0.4, 0.5) is 0 Å². The molecule has 0 spiro atoms. The van der Waals surface area contributed by atoms with Gasteiger partial charge in [-0.1, -0.05) is 6.07 Å². The van der Waals surface area contributed by atoms with Crippen LogP contribution in [0.1, 0.15) is 18.4 Å². The molecule has 1 saturated heterocycles. The summed E-state index contributed by atoms with van der Waals surface area (Å²) in [7, 11) is 1.73. The van der Waals surface area contributed by atoms with Gasteiger partial charge in [-0.25, -0.2) is 0 Å². The highest BCUT2D eigenvalue weighted by Gasteiger charge is 2.15. The van der Waals surface area contributed by atoms with Crippen molar-refractivity contribution in [3.63, 3.8) is 0 Å². The number of nitrogens with one attached hydrogen (secondary N) is 1. The van der Waals surface area contributed by atoms with Crippen LogP contribution in [-0.4, -0.2) is 26.0 Å². The van der Waals surface area contributed by atoms with Crippen molar-refractivity contribution in [2.24, 2.45) is 0 Å². The Morgan fingerprint density at radius 2 is 2.38 bits per heavy atom. The van der Waals surface area contributed by atoms with Gasteiger partial charge in [-0.3, -0.25) is 0 Å². The van der Waals surface area contributed by atoms with Gasteiger partial charge in [0.25, 0.3) is 0 Å². The summed E-state index contributed by atoms with van der Waals surface area (Å²) in [6.45, 7) is 1.18. The summed E-state index contributed by atoms with van der Waals surface area (Å²) in [5.74, 6) is 0.982. The first-order valence-corrected chi connectivity index (χ1v) is 7.00. The normalized spacial score (nSPS) is 20.0. The Labute approximate surface area is 102 Å². The molecule has 1 atom stereocenters. The van der Waals surface area contributed by atoms with E-state index in [2.05, 4.69) is 29.8 Å². The molecule has 0 radical (unpaired) electrons. The van der Waals surface area contributed by atoms with E-state index < -0.39 is 0 Å². The highest BCUT2D eigenvalue weighted by molar-refractivity contribution is 7.98. The van der Waals surface area contributed by atoms with Crippen molar-refractivity contribution in [2.75, 3.05) is 19.9 Å². The zero-order valence-corrected chi connectivity index (χ0v) is 10.8. The fourth-order valence-corrected chi connectivity index (χ4v) is 2.84. The fraction of sp³-hybridized carbons (Fsp3) is 0.538. The lowest BCUT2D eigenvalue weighted by Gasteiger charge is -2.12. The second kappa shape index (κ2) is 5.60. The van der Waals surface area contributed by atoms with Crippen LogP contribution in [0, 0.1) is 0 Å². The van der Waals surface area contributed by atoms with Crippen molar-refractivity contribution in [3.8, 4) is 5.75 Å². The Hall–Kier alpha value is -0.670. The molecule has 1 N–H and O–H groups in total. The first-order valence-electron chi connectivity index (χ1n) is 5.78. The average molecular weight is 237 g/mol. The van der Waals surface area contributed by atoms with Crippen LogP contribution in [0.5, 0.6) is 5.75 Å². The van der Waals surface area contributed by atoms with E-state index in [-0.39, 0.29) is 0 Å². The van der Waals surface area contributed by atoms with E-state index in [0.717, 1.165) is 12.2 Å². The monoisotopic (exact) mass is 237 g/mol. The SMILES string of the molecule is COc1ccc(CC2CCCN2)cc1SC. The summed E-state index contributed by atoms with van der Waals surface area (Å²) < 4.78 is 5.32. The molecule has 0 saturated carbocycles. The van der Waals surface area contributed by atoms with Crippen LogP contribution in [0.3, 0.4) is 0 Å². The first-order chi connectivity index (χ1) is 7.83. The van der Waals surface area contributed by atoms with E-state index in [1.807, 2.05) is 0 Å². The van der Waals surface area contributed by atoms with Crippen LogP contribution >= 0.6 is 11.8 Å². The van der Waals surface area contributed by atoms with Gasteiger partial charge < -0.3 is 10.1 Å². The zero-order chi connectivity index (χ0) is 11.4. The van der Waals surface area contributed by atoms with Gasteiger partial charge in [-0.05, 0) is 49.8 Å². The van der Waals surface area contributed by atoms with Crippen LogP contribution in [0.2, 0.25) is 0 Å². The molecule has 0 bridgehead atoms. The fourth-order valence-electron chi connectivity index (χ4n) is 2.22. The molecular weight excluding hydrogens is 218 g/mol. The van der Waals surface area contributed by atoms with Gasteiger partial charge in [0.05, 0.1) is 7.11 Å². The van der Waals surface area contributed by atoms with Crippen molar-refractivity contribution in [1.29, 1.82) is 0 Å². The van der Waals surface area contributed by atoms with Gasteiger partial charge >= 0.3 is 0 Å². The first kappa shape index (κ1) is 11.8. The van der Waals surface area contributed by atoms with Crippen molar-refractivity contribution < 1.29 is 4.74 Å². The number of hydrogen-bond acceptors (Lipinski definition) is 3. The maximum Gasteiger partial charge on any atom is 0.132 e. The number of hydrogen-bond donors (Lipinski definition) is 1. The van der Waals surface area contributed by atoms with Crippen LogP contribution < -0.4 is 10.1 Å². The van der Waals surface area contributed by atoms with Crippen LogP contribution in [0.25, 0.3) is 0 Å². The molecular formula is C13H19NOS. The molecule has 1 heterocycles. The lowest BCUT2D eigenvalue weighted by molar-refractivity contribution is 0.404. The van der Waals surface area contributed by atoms with E-state index in [1.54, 1.807) is 18.9 Å². The number of methoxy groups -OCH3 is 1. The molecule has 0 aromatic heterocycles. The maximum absolute atomic E-state index is 5.32. The van der Waals surface area contributed by atoms with Crippen molar-refractivity contribution in [2.45, 2.75) is 30.2 Å². The van der Waals surface area contributed by atoms with Crippen LogP contribution in [0.15, 0.2) is 23.1 Å². The summed E-state index contributed by atoms with van der Waals surface area (Å²) in [5, 5.41) is 3.53. The molecule has 3 heteroatoms. The van der Waals surface area contributed by atoms with E-state index in [0.29, 0.717) is 6.04 Å². The number of benzene rings is 1. The number of ether oxygens (including phenoxy) is 1. The second-order valence-corrected chi connectivity index (χ2v) is 5.03. The van der Waals surface area contributed by atoms with Gasteiger partial charge in [0.1, 0.15) is 5.75 Å². The quantitative estimate of drug-likeness (QED) is 0.814. The highest BCUT2D eigenvalue weighted by Crippen LogP contribution is 2.29. The third-order valence-electron chi connectivity index (χ3n) is 3.09. The minimum Gasteiger partial charge on any atom is -0.496 e. The Morgan fingerprint density at radius 1 is 1.50 bits per heavy atom. The summed E-state index contributed by atoms with van der Waals surface area (Å²) in [5.41, 5.74) is 1.41. The average Bonchev–Trinajstić information content (AvgIpc) is 2.81. The molecule has 0 amide bonds. The van der Waals surface area contributed by atoms with Gasteiger partial charge in [0.15, 0.2) is 0 Å². The Morgan fingerprint density at radius 3 is 3.00 bits per heavy atom. The highest BCUT2D eigenvalue weighted by atomic mass is 32.2. The van der Waals surface area contributed by atoms with Crippen LogP contribution in [-0.2, 0) is 6.42 Å². The molecule has 16 heavy (non-hydrogen) atoms. The van der Waals surface area contributed by atoms with Gasteiger partial charge in [0.2, 0.25) is 0 Å². The predicted molar refractivity (Wildman–Crippen MR) is 69.5 cm³/mol. The molecule has 1 aromatic carbocycles. The van der Waals surface area contributed by atoms with Gasteiger partial charge in [-0.2, -0.15) is 0 Å². The summed E-state index contributed by atoms with van der Waals surface area (Å²) >= 11 is 1.75. The van der Waals surface area contributed by atoms with Gasteiger partial charge in [0, 0.05) is 10.9 Å². The van der Waals surface area contributed by atoms with E-state index in [4.69, 9.17) is 4.74 Å². The Bertz CT molecular complexity index is 348. The molecule has 1 fully saturated rings. The van der Waals surface area contributed by atoms with E-state index >= 15 is 0 Å². The summed E-state index contributed by atoms with van der Waals surface area (Å²) in [6.07, 6.45) is 5.85. The lowest BCUT2D eigenvalue weighted by atomic mass is 10.0. The third kappa shape index (κ3) is 2.71. The van der Waals surface area contributed by atoms with E-state index in [9.17, 15) is 0 Å². The second-order valence-electron chi connectivity index (χ2n) is 4.19. The van der Waals surface area contributed by atoms with Crippen molar-refractivity contribution in [3.05, 3.63) is 23.8 Å². The minimum absolute atomic E-state index is 0.670. The molecule has 2 nitrogen and oxygen atoms in total. The molecule has 1 aliphatic rings. The van der Waals surface area contributed by atoms with E-state index in [1.165, 1.54) is 29.8 Å². The smallest absolute Gasteiger partial charge is 0.132 e. The Kier molecular flexibility index (Phi) is 4.13. The third-order valence-corrected chi connectivity index (χ3v) is 3.85. The summed E-state index contributed by atoms with van der Waals surface area (Å²) in [4.78, 5) is 1.23. The molecule has 0 aliphatic carbocycles. The zero-order valence-electron chi connectivity index (χ0n) is 9.95. The number of thioether (sulfide) groups is 1. The molecule has 2 rings (SSSR count).